The van der Waals surface area contributed by atoms with Gasteiger partial charge < -0.3 is 20.3 Å². The van der Waals surface area contributed by atoms with E-state index < -0.39 is 0 Å². The number of benzene rings is 2. The largest absolute Gasteiger partial charge is 0.496 e. The van der Waals surface area contributed by atoms with Crippen LogP contribution in [0.3, 0.4) is 0 Å². The topological polar surface area (TPSA) is 70.7 Å². The van der Waals surface area contributed by atoms with E-state index in [1.807, 2.05) is 55.5 Å². The zero-order valence-electron chi connectivity index (χ0n) is 15.4. The summed E-state index contributed by atoms with van der Waals surface area (Å²) in [6.45, 7) is 2.75. The number of likely N-dealkylation sites (N-methyl/N-ethyl adjacent to an activating group) is 1. The van der Waals surface area contributed by atoms with Crippen LogP contribution in [-0.4, -0.2) is 37.5 Å². The van der Waals surface area contributed by atoms with Crippen LogP contribution < -0.4 is 15.4 Å². The lowest BCUT2D eigenvalue weighted by Crippen LogP contribution is -2.42. The summed E-state index contributed by atoms with van der Waals surface area (Å²) in [5.41, 5.74) is 3.02. The average Bonchev–Trinajstić information content (AvgIpc) is 2.65. The molecular formula is C20H25N3O3. The molecule has 0 spiro atoms. The molecule has 2 aromatic rings. The minimum atomic E-state index is -0.372. The molecule has 0 saturated heterocycles. The number of carbonyl (C=O) groups is 2. The molecule has 26 heavy (non-hydrogen) atoms. The zero-order chi connectivity index (χ0) is 18.9. The van der Waals surface area contributed by atoms with Gasteiger partial charge in [-0.2, -0.15) is 0 Å². The fourth-order valence-corrected chi connectivity index (χ4v) is 2.51. The minimum absolute atomic E-state index is 0.0642. The third kappa shape index (κ3) is 5.81. The van der Waals surface area contributed by atoms with Crippen molar-refractivity contribution in [2.45, 2.75) is 20.0 Å². The fraction of sp³-hybridized carbons (Fsp3) is 0.300. The Kier molecular flexibility index (Phi) is 7.02. The van der Waals surface area contributed by atoms with Crippen molar-refractivity contribution in [1.82, 2.24) is 15.5 Å². The summed E-state index contributed by atoms with van der Waals surface area (Å²) in [5, 5.41) is 5.31. The number of hydrogen-bond acceptors (Lipinski definition) is 3. The van der Waals surface area contributed by atoms with Crippen molar-refractivity contribution in [2.75, 3.05) is 20.7 Å². The number of amides is 3. The summed E-state index contributed by atoms with van der Waals surface area (Å²) in [5.74, 6) is 0.562. The van der Waals surface area contributed by atoms with Crippen molar-refractivity contribution < 1.29 is 14.3 Å². The molecule has 0 aliphatic carbocycles. The number of aryl methyl sites for hydroxylation is 1. The number of ether oxygens (including phenoxy) is 1. The van der Waals surface area contributed by atoms with Crippen molar-refractivity contribution in [3.8, 4) is 5.75 Å². The van der Waals surface area contributed by atoms with Crippen molar-refractivity contribution in [1.29, 1.82) is 0 Å². The third-order valence-electron chi connectivity index (χ3n) is 3.97. The average molecular weight is 355 g/mol. The van der Waals surface area contributed by atoms with Crippen LogP contribution in [0.1, 0.15) is 16.7 Å². The van der Waals surface area contributed by atoms with E-state index in [0.29, 0.717) is 13.1 Å². The smallest absolute Gasteiger partial charge is 0.315 e. The molecule has 2 rings (SSSR count). The Hall–Kier alpha value is -3.02. The van der Waals surface area contributed by atoms with Gasteiger partial charge in [-0.05, 0) is 18.6 Å². The quantitative estimate of drug-likeness (QED) is 0.801. The summed E-state index contributed by atoms with van der Waals surface area (Å²) in [6, 6.07) is 15.1. The molecule has 6 nitrogen and oxygen atoms in total. The lowest BCUT2D eigenvalue weighted by atomic mass is 10.1. The molecule has 0 atom stereocenters. The summed E-state index contributed by atoms with van der Waals surface area (Å²) in [7, 11) is 3.31. The number of urea groups is 1. The van der Waals surface area contributed by atoms with E-state index in [9.17, 15) is 9.59 Å². The van der Waals surface area contributed by atoms with Crippen LogP contribution in [0.25, 0.3) is 0 Å². The van der Waals surface area contributed by atoms with Gasteiger partial charge in [0.05, 0.1) is 13.7 Å². The molecule has 2 N–H and O–H groups in total. The van der Waals surface area contributed by atoms with Crippen molar-refractivity contribution in [2.24, 2.45) is 0 Å². The maximum absolute atomic E-state index is 12.3. The molecule has 0 bridgehead atoms. The van der Waals surface area contributed by atoms with Gasteiger partial charge in [-0.1, -0.05) is 48.0 Å². The van der Waals surface area contributed by atoms with Gasteiger partial charge in [-0.25, -0.2) is 4.79 Å². The van der Waals surface area contributed by atoms with Crippen LogP contribution in [-0.2, 0) is 17.9 Å². The molecule has 0 aromatic heterocycles. The van der Waals surface area contributed by atoms with Crippen LogP contribution in [0, 0.1) is 6.92 Å². The van der Waals surface area contributed by atoms with E-state index in [0.717, 1.165) is 22.4 Å². The lowest BCUT2D eigenvalue weighted by Gasteiger charge is -2.19. The van der Waals surface area contributed by atoms with Gasteiger partial charge >= 0.3 is 6.03 Å². The summed E-state index contributed by atoms with van der Waals surface area (Å²) in [6.07, 6.45) is 0. The van der Waals surface area contributed by atoms with Crippen LogP contribution in [0.5, 0.6) is 5.75 Å². The Morgan fingerprint density at radius 1 is 1.08 bits per heavy atom. The van der Waals surface area contributed by atoms with Crippen LogP contribution in [0.2, 0.25) is 0 Å². The Balaban J connectivity index is 1.80. The van der Waals surface area contributed by atoms with Gasteiger partial charge in [-0.15, -0.1) is 0 Å². The summed E-state index contributed by atoms with van der Waals surface area (Å²) in [4.78, 5) is 25.7. The Labute approximate surface area is 154 Å². The summed E-state index contributed by atoms with van der Waals surface area (Å²) >= 11 is 0. The Morgan fingerprint density at radius 3 is 2.50 bits per heavy atom. The maximum atomic E-state index is 12.3. The highest BCUT2D eigenvalue weighted by Crippen LogP contribution is 2.20. The second-order valence-corrected chi connectivity index (χ2v) is 6.09. The molecular weight excluding hydrogens is 330 g/mol. The highest BCUT2D eigenvalue weighted by Gasteiger charge is 2.13. The number of carbonyl (C=O) groups excluding carboxylic acids is 2. The normalized spacial score (nSPS) is 10.1. The highest BCUT2D eigenvalue weighted by atomic mass is 16.5. The molecule has 3 amide bonds. The second kappa shape index (κ2) is 9.46. The predicted octanol–water partition coefficient (Wildman–Crippen LogP) is 2.46. The standard InChI is InChI=1S/C20H25N3O3/c1-15-9-10-18(26-3)17(11-15)14-23(2)19(24)13-22-20(25)21-12-16-7-5-4-6-8-16/h4-11H,12-14H2,1-3H3,(H2,21,22,25). The number of methoxy groups -OCH3 is 1. The first kappa shape index (κ1) is 19.3. The Bertz CT molecular complexity index is 747. The highest BCUT2D eigenvalue weighted by molar-refractivity contribution is 5.83. The van der Waals surface area contributed by atoms with Gasteiger partial charge in [0.1, 0.15) is 5.75 Å². The van der Waals surface area contributed by atoms with E-state index in [-0.39, 0.29) is 18.5 Å². The number of rotatable bonds is 7. The molecule has 138 valence electrons. The Morgan fingerprint density at radius 2 is 1.81 bits per heavy atom. The van der Waals surface area contributed by atoms with E-state index >= 15 is 0 Å². The molecule has 0 unspecified atom stereocenters. The van der Waals surface area contributed by atoms with Gasteiger partial charge in [0.25, 0.3) is 0 Å². The van der Waals surface area contributed by atoms with Crippen LogP contribution in [0.4, 0.5) is 4.79 Å². The zero-order valence-corrected chi connectivity index (χ0v) is 15.4. The molecule has 0 heterocycles. The maximum Gasteiger partial charge on any atom is 0.315 e. The molecule has 2 aromatic carbocycles. The predicted molar refractivity (Wildman–Crippen MR) is 101 cm³/mol. The number of hydrogen-bond donors (Lipinski definition) is 2. The first-order valence-corrected chi connectivity index (χ1v) is 8.42. The van der Waals surface area contributed by atoms with Crippen LogP contribution in [0.15, 0.2) is 48.5 Å². The third-order valence-corrected chi connectivity index (χ3v) is 3.97. The number of nitrogens with zero attached hydrogens (tertiary/aromatic N) is 1. The SMILES string of the molecule is COc1ccc(C)cc1CN(C)C(=O)CNC(=O)NCc1ccccc1. The first-order chi connectivity index (χ1) is 12.5. The monoisotopic (exact) mass is 355 g/mol. The van der Waals surface area contributed by atoms with E-state index in [1.54, 1.807) is 19.1 Å². The van der Waals surface area contributed by atoms with E-state index in [1.165, 1.54) is 0 Å². The van der Waals surface area contributed by atoms with Crippen molar-refractivity contribution >= 4 is 11.9 Å². The molecule has 0 radical (unpaired) electrons. The lowest BCUT2D eigenvalue weighted by molar-refractivity contribution is -0.129. The summed E-state index contributed by atoms with van der Waals surface area (Å²) < 4.78 is 5.34. The minimum Gasteiger partial charge on any atom is -0.496 e. The van der Waals surface area contributed by atoms with E-state index in [2.05, 4.69) is 10.6 Å². The second-order valence-electron chi connectivity index (χ2n) is 6.09. The van der Waals surface area contributed by atoms with Gasteiger partial charge in [0.2, 0.25) is 5.91 Å². The number of nitrogens with one attached hydrogen (secondary N) is 2. The molecule has 0 saturated carbocycles. The van der Waals surface area contributed by atoms with Crippen LogP contribution >= 0.6 is 0 Å². The van der Waals surface area contributed by atoms with Gasteiger partial charge in [0.15, 0.2) is 0 Å². The molecule has 0 fully saturated rings. The molecule has 0 aliphatic heterocycles. The first-order valence-electron chi connectivity index (χ1n) is 8.42. The van der Waals surface area contributed by atoms with E-state index in [4.69, 9.17) is 4.74 Å². The molecule has 0 aliphatic rings. The molecule has 6 heteroatoms. The van der Waals surface area contributed by atoms with Crippen molar-refractivity contribution in [3.05, 3.63) is 65.2 Å². The van der Waals surface area contributed by atoms with Gasteiger partial charge in [-0.3, -0.25) is 4.79 Å². The fourth-order valence-electron chi connectivity index (χ4n) is 2.51. The van der Waals surface area contributed by atoms with Gasteiger partial charge in [0, 0.05) is 25.7 Å². The van der Waals surface area contributed by atoms with Crippen molar-refractivity contribution in [3.63, 3.8) is 0 Å².